The number of hydrogen-bond donors (Lipinski definition) is 2. The first-order valence-electron chi connectivity index (χ1n) is 14.3. The van der Waals surface area contributed by atoms with E-state index in [1.165, 1.54) is 36.2 Å². The highest BCUT2D eigenvalue weighted by atomic mass is 19.1. The van der Waals surface area contributed by atoms with E-state index in [4.69, 9.17) is 0 Å². The Hall–Kier alpha value is -3.91. The van der Waals surface area contributed by atoms with Gasteiger partial charge in [-0.3, -0.25) is 9.59 Å². The summed E-state index contributed by atoms with van der Waals surface area (Å²) in [6.07, 6.45) is 3.40. The van der Waals surface area contributed by atoms with Crippen molar-refractivity contribution in [2.24, 2.45) is 0 Å². The number of anilines is 3. The number of nitrogens with one attached hydrogen (secondary N) is 2. The minimum atomic E-state index is -0.583. The summed E-state index contributed by atoms with van der Waals surface area (Å²) in [4.78, 5) is 33.1. The maximum absolute atomic E-state index is 14.4. The minimum absolute atomic E-state index is 0.0328. The summed E-state index contributed by atoms with van der Waals surface area (Å²) in [5, 5.41) is 5.91. The number of rotatable bonds is 9. The topological polar surface area (TPSA) is 67.9 Å². The molecule has 0 unspecified atom stereocenters. The van der Waals surface area contributed by atoms with Crippen molar-refractivity contribution in [3.63, 3.8) is 0 Å². The van der Waals surface area contributed by atoms with Crippen molar-refractivity contribution >= 4 is 28.9 Å². The molecule has 0 spiro atoms. The van der Waals surface area contributed by atoms with Crippen molar-refractivity contribution in [3.05, 3.63) is 89.2 Å². The number of aryl methyl sites for hydroxylation is 1. The second kappa shape index (κ2) is 13.0. The number of likely N-dealkylation sites (tertiary alicyclic amines) is 1. The number of halogens is 1. The van der Waals surface area contributed by atoms with Gasteiger partial charge in [0.25, 0.3) is 11.8 Å². The van der Waals surface area contributed by atoms with Gasteiger partial charge in [-0.05, 0) is 87.8 Å². The molecule has 0 aliphatic carbocycles. The van der Waals surface area contributed by atoms with Crippen molar-refractivity contribution < 1.29 is 14.0 Å². The number of nitrogens with zero attached hydrogens (tertiary/aromatic N) is 3. The number of carbonyl (C=O) groups is 2. The van der Waals surface area contributed by atoms with Crippen LogP contribution in [0.15, 0.2) is 66.7 Å². The SMILES string of the molecule is Cc1ccccc1N1CCN(c2ccc(C(=O)NCCCN3CCCC3)cc2NC(=O)c2ccccc2F)CC1. The van der Waals surface area contributed by atoms with Gasteiger partial charge in [0.2, 0.25) is 0 Å². The Morgan fingerprint density at radius 3 is 2.20 bits per heavy atom. The molecule has 8 heteroatoms. The minimum Gasteiger partial charge on any atom is -0.368 e. The van der Waals surface area contributed by atoms with E-state index in [0.717, 1.165) is 57.9 Å². The van der Waals surface area contributed by atoms with Crippen LogP contribution in [0.3, 0.4) is 0 Å². The third-order valence-corrected chi connectivity index (χ3v) is 7.84. The van der Waals surface area contributed by atoms with E-state index in [1.807, 2.05) is 12.1 Å². The largest absolute Gasteiger partial charge is 0.368 e. The molecule has 2 aliphatic rings. The Balaban J connectivity index is 1.30. The highest BCUT2D eigenvalue weighted by Gasteiger charge is 2.23. The van der Waals surface area contributed by atoms with Crippen molar-refractivity contribution in [1.29, 1.82) is 0 Å². The van der Waals surface area contributed by atoms with E-state index in [9.17, 15) is 14.0 Å². The fraction of sp³-hybridized carbons (Fsp3) is 0.375. The number of para-hydroxylation sites is 1. The second-order valence-electron chi connectivity index (χ2n) is 10.6. The summed E-state index contributed by atoms with van der Waals surface area (Å²) in [7, 11) is 0. The van der Waals surface area contributed by atoms with Gasteiger partial charge in [0.05, 0.1) is 16.9 Å². The number of carbonyl (C=O) groups excluding carboxylic acids is 2. The van der Waals surface area contributed by atoms with Crippen LogP contribution in [0.25, 0.3) is 0 Å². The molecular formula is C32H38FN5O2. The predicted molar refractivity (Wildman–Crippen MR) is 159 cm³/mol. The molecule has 2 saturated heterocycles. The molecule has 7 nitrogen and oxygen atoms in total. The third-order valence-electron chi connectivity index (χ3n) is 7.84. The van der Waals surface area contributed by atoms with Gasteiger partial charge < -0.3 is 25.3 Å². The predicted octanol–water partition coefficient (Wildman–Crippen LogP) is 4.93. The first kappa shape index (κ1) is 27.6. The first-order chi connectivity index (χ1) is 19.5. The number of benzene rings is 3. The Morgan fingerprint density at radius 2 is 1.48 bits per heavy atom. The molecule has 210 valence electrons. The summed E-state index contributed by atoms with van der Waals surface area (Å²) in [5.41, 5.74) is 4.22. The molecule has 0 saturated carbocycles. The van der Waals surface area contributed by atoms with Gasteiger partial charge in [-0.1, -0.05) is 30.3 Å². The van der Waals surface area contributed by atoms with E-state index < -0.39 is 11.7 Å². The highest BCUT2D eigenvalue weighted by Crippen LogP contribution is 2.30. The van der Waals surface area contributed by atoms with Crippen LogP contribution in [-0.4, -0.2) is 69.1 Å². The highest BCUT2D eigenvalue weighted by molar-refractivity contribution is 6.07. The van der Waals surface area contributed by atoms with Gasteiger partial charge in [0.15, 0.2) is 0 Å². The molecule has 40 heavy (non-hydrogen) atoms. The molecule has 0 radical (unpaired) electrons. The molecular weight excluding hydrogens is 505 g/mol. The Labute approximate surface area is 236 Å². The molecule has 2 amide bonds. The van der Waals surface area contributed by atoms with Gasteiger partial charge in [0, 0.05) is 44.0 Å². The monoisotopic (exact) mass is 543 g/mol. The zero-order valence-corrected chi connectivity index (χ0v) is 23.2. The standard InChI is InChI=1S/C32H38FN5O2/c1-24-9-2-5-12-29(24)37-19-21-38(22-20-37)30-14-13-25(31(39)34-15-8-18-36-16-6-7-17-36)23-28(30)35-32(40)26-10-3-4-11-27(26)33/h2-5,9-14,23H,6-8,15-22H2,1H3,(H,34,39)(H,35,40). The Bertz CT molecular complexity index is 1330. The lowest BCUT2D eigenvalue weighted by molar-refractivity contribution is 0.0950. The van der Waals surface area contributed by atoms with Gasteiger partial charge >= 0.3 is 0 Å². The number of piperazine rings is 1. The van der Waals surface area contributed by atoms with Crippen molar-refractivity contribution in [2.75, 3.05) is 67.5 Å². The molecule has 2 aliphatic heterocycles. The lowest BCUT2D eigenvalue weighted by Crippen LogP contribution is -2.47. The fourth-order valence-corrected chi connectivity index (χ4v) is 5.61. The summed E-state index contributed by atoms with van der Waals surface area (Å²) in [6, 6.07) is 19.7. The summed E-state index contributed by atoms with van der Waals surface area (Å²) in [5.74, 6) is -1.31. The normalized spacial score (nSPS) is 15.8. The number of amides is 2. The Kier molecular flexibility index (Phi) is 8.96. The second-order valence-corrected chi connectivity index (χ2v) is 10.6. The first-order valence-corrected chi connectivity index (χ1v) is 14.3. The lowest BCUT2D eigenvalue weighted by atomic mass is 10.1. The van der Waals surface area contributed by atoms with Crippen molar-refractivity contribution in [1.82, 2.24) is 10.2 Å². The van der Waals surface area contributed by atoms with Gasteiger partial charge in [-0.2, -0.15) is 0 Å². The van der Waals surface area contributed by atoms with Crippen molar-refractivity contribution in [3.8, 4) is 0 Å². The molecule has 0 aromatic heterocycles. The molecule has 2 heterocycles. The molecule has 3 aromatic carbocycles. The smallest absolute Gasteiger partial charge is 0.258 e. The van der Waals surface area contributed by atoms with Crippen molar-refractivity contribution in [2.45, 2.75) is 26.2 Å². The maximum atomic E-state index is 14.4. The Morgan fingerprint density at radius 1 is 0.800 bits per heavy atom. The molecule has 0 bridgehead atoms. The summed E-state index contributed by atoms with van der Waals surface area (Å²) >= 11 is 0. The van der Waals surface area contributed by atoms with E-state index in [1.54, 1.807) is 24.3 Å². The zero-order valence-electron chi connectivity index (χ0n) is 23.2. The summed E-state index contributed by atoms with van der Waals surface area (Å²) in [6.45, 7) is 9.12. The third kappa shape index (κ3) is 6.62. The van der Waals surface area contributed by atoms with Gasteiger partial charge in [-0.25, -0.2) is 4.39 Å². The van der Waals surface area contributed by atoms with Crippen LogP contribution in [0.2, 0.25) is 0 Å². The van der Waals surface area contributed by atoms with Gasteiger partial charge in [-0.15, -0.1) is 0 Å². The molecule has 5 rings (SSSR count). The van der Waals surface area contributed by atoms with Crippen LogP contribution in [-0.2, 0) is 0 Å². The van der Waals surface area contributed by atoms with Crippen LogP contribution >= 0.6 is 0 Å². The van der Waals surface area contributed by atoms with E-state index in [-0.39, 0.29) is 11.5 Å². The van der Waals surface area contributed by atoms with E-state index in [0.29, 0.717) is 17.8 Å². The molecule has 3 aromatic rings. The average Bonchev–Trinajstić information content (AvgIpc) is 3.49. The molecule has 2 fully saturated rings. The van der Waals surface area contributed by atoms with Crippen LogP contribution in [0.4, 0.5) is 21.5 Å². The van der Waals surface area contributed by atoms with E-state index >= 15 is 0 Å². The van der Waals surface area contributed by atoms with Crippen LogP contribution in [0, 0.1) is 12.7 Å². The molecule has 2 N–H and O–H groups in total. The fourth-order valence-electron chi connectivity index (χ4n) is 5.61. The molecule has 0 atom stereocenters. The number of hydrogen-bond acceptors (Lipinski definition) is 5. The van der Waals surface area contributed by atoms with Crippen LogP contribution in [0.1, 0.15) is 45.5 Å². The quantitative estimate of drug-likeness (QED) is 0.375. The zero-order chi connectivity index (χ0) is 27.9. The summed E-state index contributed by atoms with van der Waals surface area (Å²) < 4.78 is 14.4. The van der Waals surface area contributed by atoms with Crippen LogP contribution in [0.5, 0.6) is 0 Å². The van der Waals surface area contributed by atoms with Gasteiger partial charge in [0.1, 0.15) is 5.82 Å². The van der Waals surface area contributed by atoms with Crippen LogP contribution < -0.4 is 20.4 Å². The average molecular weight is 544 g/mol. The lowest BCUT2D eigenvalue weighted by Gasteiger charge is -2.38. The van der Waals surface area contributed by atoms with E-state index in [2.05, 4.69) is 50.5 Å². The maximum Gasteiger partial charge on any atom is 0.258 e.